The second-order valence-corrected chi connectivity index (χ2v) is 8.75. The number of imidazole rings is 1. The lowest BCUT2D eigenvalue weighted by atomic mass is 10.2. The highest BCUT2D eigenvalue weighted by atomic mass is 16.5. The van der Waals surface area contributed by atoms with Gasteiger partial charge < -0.3 is 19.3 Å². The molecule has 3 fully saturated rings. The molecule has 0 spiro atoms. The maximum Gasteiger partial charge on any atom is 0.182 e. The SMILES string of the molecule is C[C@@H]1CN(c2cc(N3CC4CCC(C3)O4)nn3c(-c4cc[nH]n4)ncc23)C[C@H](C)O1. The van der Waals surface area contributed by atoms with E-state index in [9.17, 15) is 0 Å². The van der Waals surface area contributed by atoms with Gasteiger partial charge in [-0.25, -0.2) is 9.50 Å². The van der Waals surface area contributed by atoms with Crippen LogP contribution in [0.15, 0.2) is 24.5 Å². The molecule has 1 N–H and O–H groups in total. The summed E-state index contributed by atoms with van der Waals surface area (Å²) in [6.07, 6.45) is 6.97. The number of fused-ring (bicyclic) bond motifs is 3. The normalized spacial score (nSPS) is 29.1. The van der Waals surface area contributed by atoms with Crippen LogP contribution in [-0.2, 0) is 9.47 Å². The van der Waals surface area contributed by atoms with E-state index >= 15 is 0 Å². The Balaban J connectivity index is 1.48. The van der Waals surface area contributed by atoms with Crippen LogP contribution in [0.25, 0.3) is 17.0 Å². The third-order valence-corrected chi connectivity index (χ3v) is 6.33. The lowest BCUT2D eigenvalue weighted by Gasteiger charge is -2.38. The number of aromatic nitrogens is 5. The Labute approximate surface area is 175 Å². The molecule has 158 valence electrons. The van der Waals surface area contributed by atoms with Gasteiger partial charge in [0.05, 0.1) is 36.3 Å². The van der Waals surface area contributed by atoms with E-state index in [1.807, 2.05) is 23.0 Å². The van der Waals surface area contributed by atoms with E-state index in [1.54, 1.807) is 0 Å². The van der Waals surface area contributed by atoms with Crippen molar-refractivity contribution < 1.29 is 9.47 Å². The van der Waals surface area contributed by atoms with Gasteiger partial charge in [-0.2, -0.15) is 5.10 Å². The van der Waals surface area contributed by atoms with Crippen molar-refractivity contribution in [1.29, 1.82) is 0 Å². The lowest BCUT2D eigenvalue weighted by molar-refractivity contribution is -0.00515. The number of hydrogen-bond donors (Lipinski definition) is 1. The molecule has 30 heavy (non-hydrogen) atoms. The van der Waals surface area contributed by atoms with Gasteiger partial charge in [-0.05, 0) is 32.8 Å². The van der Waals surface area contributed by atoms with Crippen molar-refractivity contribution in [3.05, 3.63) is 24.5 Å². The molecule has 9 nitrogen and oxygen atoms in total. The molecule has 3 saturated heterocycles. The number of hydrogen-bond acceptors (Lipinski definition) is 7. The van der Waals surface area contributed by atoms with Gasteiger partial charge in [-0.1, -0.05) is 0 Å². The molecule has 0 amide bonds. The van der Waals surface area contributed by atoms with Crippen molar-refractivity contribution in [3.63, 3.8) is 0 Å². The van der Waals surface area contributed by atoms with Gasteiger partial charge >= 0.3 is 0 Å². The van der Waals surface area contributed by atoms with E-state index in [-0.39, 0.29) is 12.2 Å². The first kappa shape index (κ1) is 18.1. The lowest BCUT2D eigenvalue weighted by Crippen LogP contribution is -2.46. The molecule has 0 aliphatic carbocycles. The Morgan fingerprint density at radius 2 is 1.77 bits per heavy atom. The second-order valence-electron chi connectivity index (χ2n) is 8.75. The van der Waals surface area contributed by atoms with E-state index in [1.165, 1.54) is 0 Å². The molecule has 0 aromatic carbocycles. The van der Waals surface area contributed by atoms with E-state index in [2.05, 4.69) is 44.9 Å². The fraction of sp³-hybridized carbons (Fsp3) is 0.571. The van der Waals surface area contributed by atoms with Crippen molar-refractivity contribution >= 4 is 17.0 Å². The Morgan fingerprint density at radius 1 is 1.00 bits per heavy atom. The summed E-state index contributed by atoms with van der Waals surface area (Å²) in [6.45, 7) is 7.73. The average molecular weight is 409 g/mol. The van der Waals surface area contributed by atoms with Crippen LogP contribution in [0, 0.1) is 0 Å². The van der Waals surface area contributed by atoms with Crippen LogP contribution in [0.5, 0.6) is 0 Å². The third-order valence-electron chi connectivity index (χ3n) is 6.33. The summed E-state index contributed by atoms with van der Waals surface area (Å²) in [5, 5.41) is 12.2. The van der Waals surface area contributed by atoms with Crippen molar-refractivity contribution in [2.75, 3.05) is 36.0 Å². The minimum Gasteiger partial charge on any atom is -0.372 e. The van der Waals surface area contributed by atoms with Gasteiger partial charge in [0.2, 0.25) is 0 Å². The summed E-state index contributed by atoms with van der Waals surface area (Å²) in [4.78, 5) is 9.46. The minimum atomic E-state index is 0.179. The summed E-state index contributed by atoms with van der Waals surface area (Å²) in [5.74, 6) is 1.72. The first-order valence-electron chi connectivity index (χ1n) is 10.8. The number of anilines is 2. The summed E-state index contributed by atoms with van der Waals surface area (Å²) in [7, 11) is 0. The number of H-pyrrole nitrogens is 1. The number of aromatic amines is 1. The number of rotatable bonds is 3. The highest BCUT2D eigenvalue weighted by Crippen LogP contribution is 2.34. The quantitative estimate of drug-likeness (QED) is 0.709. The highest BCUT2D eigenvalue weighted by Gasteiger charge is 2.35. The van der Waals surface area contributed by atoms with Crippen LogP contribution < -0.4 is 9.80 Å². The van der Waals surface area contributed by atoms with Crippen LogP contribution in [0.2, 0.25) is 0 Å². The van der Waals surface area contributed by atoms with Gasteiger partial charge in [0, 0.05) is 38.4 Å². The number of nitrogens with one attached hydrogen (secondary N) is 1. The molecule has 6 rings (SSSR count). The Bertz CT molecular complexity index is 1030. The van der Waals surface area contributed by atoms with E-state index in [4.69, 9.17) is 14.6 Å². The fourth-order valence-corrected chi connectivity index (χ4v) is 5.09. The molecular weight excluding hydrogens is 382 g/mol. The van der Waals surface area contributed by atoms with E-state index in [0.29, 0.717) is 12.2 Å². The van der Waals surface area contributed by atoms with Crippen molar-refractivity contribution in [2.24, 2.45) is 0 Å². The maximum atomic E-state index is 6.05. The van der Waals surface area contributed by atoms with Crippen LogP contribution in [0.1, 0.15) is 26.7 Å². The van der Waals surface area contributed by atoms with Crippen molar-refractivity contribution in [3.8, 4) is 11.5 Å². The molecule has 2 bridgehead atoms. The van der Waals surface area contributed by atoms with Gasteiger partial charge in [0.25, 0.3) is 0 Å². The van der Waals surface area contributed by atoms with Gasteiger partial charge in [-0.3, -0.25) is 5.10 Å². The molecule has 0 radical (unpaired) electrons. The van der Waals surface area contributed by atoms with Crippen LogP contribution >= 0.6 is 0 Å². The Hall–Kier alpha value is -2.65. The summed E-state index contributed by atoms with van der Waals surface area (Å²) in [6, 6.07) is 4.15. The smallest absolute Gasteiger partial charge is 0.182 e. The first-order chi connectivity index (χ1) is 14.6. The molecule has 3 aliphatic rings. The van der Waals surface area contributed by atoms with Crippen molar-refractivity contribution in [2.45, 2.75) is 51.1 Å². The summed E-state index contributed by atoms with van der Waals surface area (Å²) < 4.78 is 14.0. The predicted molar refractivity (Wildman–Crippen MR) is 113 cm³/mol. The van der Waals surface area contributed by atoms with E-state index < -0.39 is 0 Å². The van der Waals surface area contributed by atoms with Gasteiger partial charge in [-0.15, -0.1) is 5.10 Å². The molecule has 3 aromatic rings. The second kappa shape index (κ2) is 6.95. The van der Waals surface area contributed by atoms with Crippen LogP contribution in [0.3, 0.4) is 0 Å². The average Bonchev–Trinajstić information content (AvgIpc) is 3.46. The number of ether oxygens (including phenoxy) is 2. The first-order valence-corrected chi connectivity index (χ1v) is 10.8. The Morgan fingerprint density at radius 3 is 2.47 bits per heavy atom. The Kier molecular flexibility index (Phi) is 4.21. The monoisotopic (exact) mass is 409 g/mol. The summed E-state index contributed by atoms with van der Waals surface area (Å²) >= 11 is 0. The van der Waals surface area contributed by atoms with Crippen LogP contribution in [0.4, 0.5) is 11.5 Å². The largest absolute Gasteiger partial charge is 0.372 e. The predicted octanol–water partition coefficient (Wildman–Crippen LogP) is 2.10. The zero-order valence-electron chi connectivity index (χ0n) is 17.4. The zero-order valence-corrected chi connectivity index (χ0v) is 17.4. The topological polar surface area (TPSA) is 83.8 Å². The van der Waals surface area contributed by atoms with Crippen LogP contribution in [-0.4, -0.2) is 75.4 Å². The zero-order chi connectivity index (χ0) is 20.2. The molecule has 3 aliphatic heterocycles. The molecule has 4 atom stereocenters. The standard InChI is InChI=1S/C21H27N7O2/c1-13-9-26(10-14(2)29-13)18-7-20(27-11-15-3-4-16(12-27)30-15)25-28-19(18)8-22-21(28)17-5-6-23-24-17/h5-8,13-16H,3-4,9-12H2,1-2H3,(H,23,24)/t13-,14+,15?,16?. The number of nitrogens with zero attached hydrogens (tertiary/aromatic N) is 6. The van der Waals surface area contributed by atoms with Gasteiger partial charge in [0.15, 0.2) is 11.6 Å². The van der Waals surface area contributed by atoms with E-state index in [0.717, 1.165) is 67.6 Å². The maximum absolute atomic E-state index is 6.05. The fourth-order valence-electron chi connectivity index (χ4n) is 5.09. The molecule has 6 heterocycles. The summed E-state index contributed by atoms with van der Waals surface area (Å²) in [5.41, 5.74) is 2.93. The molecule has 3 aromatic heterocycles. The van der Waals surface area contributed by atoms with Crippen molar-refractivity contribution in [1.82, 2.24) is 24.8 Å². The van der Waals surface area contributed by atoms with Gasteiger partial charge in [0.1, 0.15) is 11.2 Å². The highest BCUT2D eigenvalue weighted by molar-refractivity contribution is 5.77. The number of morpholine rings is 2. The molecule has 2 unspecified atom stereocenters. The third kappa shape index (κ3) is 3.04. The minimum absolute atomic E-state index is 0.179. The molecule has 9 heteroatoms. The molecule has 0 saturated carbocycles. The molecular formula is C21H27N7O2.